The molecule has 3 N–H and O–H groups in total. The summed E-state index contributed by atoms with van der Waals surface area (Å²) >= 11 is 3.32. The first-order valence-electron chi connectivity index (χ1n) is 10.8. The molecule has 186 valence electrons. The Morgan fingerprint density at radius 1 is 1.06 bits per heavy atom. The van der Waals surface area contributed by atoms with Gasteiger partial charge in [-0.3, -0.25) is 9.59 Å². The molecule has 3 aromatic rings. The van der Waals surface area contributed by atoms with Gasteiger partial charge in [0, 0.05) is 5.56 Å². The van der Waals surface area contributed by atoms with Crippen molar-refractivity contribution in [3.63, 3.8) is 0 Å². The van der Waals surface area contributed by atoms with Gasteiger partial charge >= 0.3 is 5.97 Å². The van der Waals surface area contributed by atoms with Crippen LogP contribution < -0.4 is 20.2 Å². The average Bonchev–Trinajstić information content (AvgIpc) is 2.88. The summed E-state index contributed by atoms with van der Waals surface area (Å²) in [4.78, 5) is 36.1. The van der Waals surface area contributed by atoms with Crippen LogP contribution in [0, 0.1) is 0 Å². The average molecular weight is 554 g/mol. The van der Waals surface area contributed by atoms with Crippen molar-refractivity contribution >= 4 is 39.9 Å². The van der Waals surface area contributed by atoms with Crippen LogP contribution in [0.1, 0.15) is 33.9 Å². The summed E-state index contributed by atoms with van der Waals surface area (Å²) < 4.78 is 11.0. The van der Waals surface area contributed by atoms with Gasteiger partial charge in [0.15, 0.2) is 18.1 Å². The van der Waals surface area contributed by atoms with Crippen LogP contribution in [0.15, 0.2) is 82.4 Å². The number of carbonyl (C=O) groups excluding carboxylic acids is 2. The van der Waals surface area contributed by atoms with E-state index in [9.17, 15) is 14.4 Å². The van der Waals surface area contributed by atoms with Crippen LogP contribution in [0.4, 0.5) is 0 Å². The van der Waals surface area contributed by atoms with E-state index in [0.29, 0.717) is 21.3 Å². The van der Waals surface area contributed by atoms with E-state index < -0.39 is 24.5 Å². The molecule has 0 heterocycles. The standard InChI is InChI=1S/C26H24BrN3O6/c1-35-22-13-17(12-20(27)25(22)36-16-24(32)33)15-28-30-23(31)14-21(18-8-4-2-5-9-18)29-26(34)19-10-6-3-7-11-19/h2-13,15,21H,14,16H2,1H3,(H,29,34)(H,30,31)(H,32,33)/b28-15-/t21-/m1/s1. The van der Waals surface area contributed by atoms with Gasteiger partial charge in [-0.05, 0) is 51.3 Å². The summed E-state index contributed by atoms with van der Waals surface area (Å²) in [7, 11) is 1.42. The summed E-state index contributed by atoms with van der Waals surface area (Å²) in [5, 5.41) is 15.7. The molecule has 1 atom stereocenters. The molecule has 0 aromatic heterocycles. The second kappa shape index (κ2) is 13.1. The molecule has 9 nitrogen and oxygen atoms in total. The smallest absolute Gasteiger partial charge is 0.341 e. The number of nitrogens with one attached hydrogen (secondary N) is 2. The Morgan fingerprint density at radius 2 is 1.72 bits per heavy atom. The summed E-state index contributed by atoms with van der Waals surface area (Å²) in [6, 6.07) is 20.6. The fourth-order valence-corrected chi connectivity index (χ4v) is 3.84. The van der Waals surface area contributed by atoms with Gasteiger partial charge in [0.25, 0.3) is 5.91 Å². The number of carboxylic acid groups (broad SMARTS) is 1. The van der Waals surface area contributed by atoms with Gasteiger partial charge in [0.1, 0.15) is 0 Å². The zero-order valence-corrected chi connectivity index (χ0v) is 20.9. The van der Waals surface area contributed by atoms with E-state index in [1.807, 2.05) is 36.4 Å². The molecule has 0 unspecified atom stereocenters. The summed E-state index contributed by atoms with van der Waals surface area (Å²) in [6.45, 7) is -0.526. The fraction of sp³-hybridized carbons (Fsp3) is 0.154. The van der Waals surface area contributed by atoms with Crippen molar-refractivity contribution in [3.8, 4) is 11.5 Å². The topological polar surface area (TPSA) is 126 Å². The van der Waals surface area contributed by atoms with Crippen molar-refractivity contribution in [2.24, 2.45) is 5.10 Å². The minimum absolute atomic E-state index is 0.0328. The van der Waals surface area contributed by atoms with Crippen LogP contribution >= 0.6 is 15.9 Å². The monoisotopic (exact) mass is 553 g/mol. The lowest BCUT2D eigenvalue weighted by Gasteiger charge is -2.18. The first-order chi connectivity index (χ1) is 17.4. The molecule has 3 aromatic carbocycles. The molecule has 0 aliphatic heterocycles. The van der Waals surface area contributed by atoms with Crippen LogP contribution in [0.25, 0.3) is 0 Å². The summed E-state index contributed by atoms with van der Waals surface area (Å²) in [6.07, 6.45) is 1.38. The van der Waals surface area contributed by atoms with Gasteiger partial charge in [0.05, 0.1) is 30.3 Å². The van der Waals surface area contributed by atoms with E-state index in [-0.39, 0.29) is 18.1 Å². The molecule has 0 saturated carbocycles. The van der Waals surface area contributed by atoms with Crippen LogP contribution in [-0.4, -0.2) is 42.8 Å². The number of hydrazone groups is 1. The van der Waals surface area contributed by atoms with Gasteiger partial charge in [-0.2, -0.15) is 5.10 Å². The zero-order valence-electron chi connectivity index (χ0n) is 19.3. The van der Waals surface area contributed by atoms with Crippen molar-refractivity contribution in [2.75, 3.05) is 13.7 Å². The largest absolute Gasteiger partial charge is 0.493 e. The van der Waals surface area contributed by atoms with E-state index in [0.717, 1.165) is 5.56 Å². The van der Waals surface area contributed by atoms with Crippen LogP contribution in [0.5, 0.6) is 11.5 Å². The molecule has 10 heteroatoms. The first kappa shape index (κ1) is 26.4. The number of nitrogens with zero attached hydrogens (tertiary/aromatic N) is 1. The normalized spacial score (nSPS) is 11.5. The number of ether oxygens (including phenoxy) is 2. The minimum atomic E-state index is -1.12. The maximum atomic E-state index is 12.7. The third kappa shape index (κ3) is 7.67. The number of benzene rings is 3. The van der Waals surface area contributed by atoms with Crippen LogP contribution in [0.2, 0.25) is 0 Å². The Kier molecular flexibility index (Phi) is 9.58. The van der Waals surface area contributed by atoms with Gasteiger partial charge < -0.3 is 19.9 Å². The Balaban J connectivity index is 1.67. The Labute approximate surface area is 216 Å². The SMILES string of the molecule is COc1cc(/C=N\NC(=O)C[C@@H](NC(=O)c2ccccc2)c2ccccc2)cc(Br)c1OCC(=O)O. The molecule has 0 fully saturated rings. The highest BCUT2D eigenvalue weighted by Gasteiger charge is 2.19. The third-order valence-electron chi connectivity index (χ3n) is 4.93. The second-order valence-corrected chi connectivity index (χ2v) is 8.37. The highest BCUT2D eigenvalue weighted by Crippen LogP contribution is 2.36. The molecule has 0 spiro atoms. The molecule has 0 aliphatic rings. The van der Waals surface area contributed by atoms with Crippen molar-refractivity contribution < 1.29 is 29.0 Å². The number of carbonyl (C=O) groups is 3. The van der Waals surface area contributed by atoms with Crippen molar-refractivity contribution in [1.29, 1.82) is 0 Å². The Hall–Kier alpha value is -4.18. The highest BCUT2D eigenvalue weighted by atomic mass is 79.9. The fourth-order valence-electron chi connectivity index (χ4n) is 3.27. The highest BCUT2D eigenvalue weighted by molar-refractivity contribution is 9.10. The Morgan fingerprint density at radius 3 is 2.36 bits per heavy atom. The number of hydrogen-bond donors (Lipinski definition) is 3. The van der Waals surface area contributed by atoms with Gasteiger partial charge in [-0.25, -0.2) is 10.2 Å². The minimum Gasteiger partial charge on any atom is -0.493 e. The molecule has 2 amide bonds. The van der Waals surface area contributed by atoms with Crippen molar-refractivity contribution in [3.05, 3.63) is 94.0 Å². The number of halogens is 1. The molecule has 0 bridgehead atoms. The van der Waals surface area contributed by atoms with E-state index in [2.05, 4.69) is 31.8 Å². The molecule has 3 rings (SSSR count). The summed E-state index contributed by atoms with van der Waals surface area (Å²) in [5.74, 6) is -1.28. The number of carboxylic acids is 1. The first-order valence-corrected chi connectivity index (χ1v) is 11.6. The number of rotatable bonds is 11. The quantitative estimate of drug-likeness (QED) is 0.244. The van der Waals surface area contributed by atoms with Crippen LogP contribution in [-0.2, 0) is 9.59 Å². The van der Waals surface area contributed by atoms with E-state index in [4.69, 9.17) is 14.6 Å². The number of amides is 2. The van der Waals surface area contributed by atoms with E-state index >= 15 is 0 Å². The molecule has 0 radical (unpaired) electrons. The molecule has 0 saturated heterocycles. The molecular formula is C26H24BrN3O6. The van der Waals surface area contributed by atoms with E-state index in [1.165, 1.54) is 13.3 Å². The van der Waals surface area contributed by atoms with Gasteiger partial charge in [-0.1, -0.05) is 48.5 Å². The maximum absolute atomic E-state index is 12.7. The number of methoxy groups -OCH3 is 1. The summed E-state index contributed by atoms with van der Waals surface area (Å²) in [5.41, 5.74) is 4.31. The predicted octanol–water partition coefficient (Wildman–Crippen LogP) is 3.93. The molecule has 36 heavy (non-hydrogen) atoms. The lowest BCUT2D eigenvalue weighted by molar-refractivity contribution is -0.139. The second-order valence-electron chi connectivity index (χ2n) is 7.52. The maximum Gasteiger partial charge on any atom is 0.341 e. The van der Waals surface area contributed by atoms with Crippen molar-refractivity contribution in [1.82, 2.24) is 10.7 Å². The zero-order chi connectivity index (χ0) is 25.9. The van der Waals surface area contributed by atoms with E-state index in [1.54, 1.807) is 36.4 Å². The third-order valence-corrected chi connectivity index (χ3v) is 5.52. The lowest BCUT2D eigenvalue weighted by atomic mass is 10.0. The van der Waals surface area contributed by atoms with Gasteiger partial charge in [-0.15, -0.1) is 0 Å². The molecular weight excluding hydrogens is 530 g/mol. The number of aliphatic carboxylic acids is 1. The van der Waals surface area contributed by atoms with Crippen molar-refractivity contribution in [2.45, 2.75) is 12.5 Å². The van der Waals surface area contributed by atoms with Crippen LogP contribution in [0.3, 0.4) is 0 Å². The predicted molar refractivity (Wildman–Crippen MR) is 137 cm³/mol. The Bertz CT molecular complexity index is 1240. The lowest BCUT2D eigenvalue weighted by Crippen LogP contribution is -2.32. The van der Waals surface area contributed by atoms with Gasteiger partial charge in [0.2, 0.25) is 5.91 Å². The number of hydrogen-bond acceptors (Lipinski definition) is 6. The molecule has 0 aliphatic carbocycles.